The van der Waals surface area contributed by atoms with Crippen molar-refractivity contribution in [3.05, 3.63) is 11.9 Å². The van der Waals surface area contributed by atoms with Crippen LogP contribution in [0.5, 0.6) is 5.75 Å². The van der Waals surface area contributed by atoms with Gasteiger partial charge in [0.2, 0.25) is 0 Å². The molecule has 1 aromatic heterocycles. The summed E-state index contributed by atoms with van der Waals surface area (Å²) in [5.74, 6) is -1.41. The molecule has 6 nitrogen and oxygen atoms in total. The number of nitrogens with zero attached hydrogens (tertiary/aromatic N) is 3. The van der Waals surface area contributed by atoms with E-state index in [2.05, 4.69) is 10.00 Å². The Hall–Kier alpha value is -1.56. The Bertz CT molecular complexity index is 388. The van der Waals surface area contributed by atoms with Gasteiger partial charge >= 0.3 is 5.97 Å². The molecule has 0 saturated carbocycles. The molecular formula is C9H13N3O3. The molecule has 1 atom stereocenters. The van der Waals surface area contributed by atoms with Crippen molar-refractivity contribution in [2.45, 2.75) is 12.5 Å². The fourth-order valence-corrected chi connectivity index (χ4v) is 1.95. The summed E-state index contributed by atoms with van der Waals surface area (Å²) in [6.45, 7) is 1.69. The van der Waals surface area contributed by atoms with Crippen LogP contribution in [0.25, 0.3) is 0 Å². The summed E-state index contributed by atoms with van der Waals surface area (Å²) in [6, 6.07) is 0.0435. The lowest BCUT2D eigenvalue weighted by Crippen LogP contribution is -2.20. The number of aromatic nitrogens is 2. The Labute approximate surface area is 86.7 Å². The number of hydrogen-bond acceptors (Lipinski definition) is 4. The van der Waals surface area contributed by atoms with Crippen molar-refractivity contribution < 1.29 is 15.0 Å². The zero-order valence-corrected chi connectivity index (χ0v) is 8.42. The first-order valence-electron chi connectivity index (χ1n) is 4.78. The van der Waals surface area contributed by atoms with E-state index in [4.69, 9.17) is 5.11 Å². The summed E-state index contributed by atoms with van der Waals surface area (Å²) in [5, 5.41) is 22.2. The number of carbonyl (C=O) groups is 1. The fraction of sp³-hybridized carbons (Fsp3) is 0.556. The van der Waals surface area contributed by atoms with Crippen LogP contribution in [-0.2, 0) is 0 Å². The molecule has 15 heavy (non-hydrogen) atoms. The number of likely N-dealkylation sites (tertiary alicyclic amines) is 1. The highest BCUT2D eigenvalue weighted by atomic mass is 16.4. The molecule has 82 valence electrons. The molecule has 2 heterocycles. The van der Waals surface area contributed by atoms with Crippen LogP contribution >= 0.6 is 0 Å². The number of likely N-dealkylation sites (N-methyl/N-ethyl adjacent to an activating group) is 1. The SMILES string of the molecule is CN1CCC(n2ncc(O)c2C(=O)O)C1. The zero-order valence-electron chi connectivity index (χ0n) is 8.42. The Kier molecular flexibility index (Phi) is 2.36. The highest BCUT2D eigenvalue weighted by molar-refractivity contribution is 5.88. The first-order valence-corrected chi connectivity index (χ1v) is 4.78. The summed E-state index contributed by atoms with van der Waals surface area (Å²) in [5.41, 5.74) is -0.115. The number of carboxylic acids is 1. The van der Waals surface area contributed by atoms with Crippen molar-refractivity contribution in [2.24, 2.45) is 0 Å². The molecule has 1 aromatic rings. The topological polar surface area (TPSA) is 78.6 Å². The van der Waals surface area contributed by atoms with Crippen molar-refractivity contribution in [3.63, 3.8) is 0 Å². The van der Waals surface area contributed by atoms with E-state index < -0.39 is 5.97 Å². The first kappa shape index (κ1) is 9.97. The molecular weight excluding hydrogens is 198 g/mol. The van der Waals surface area contributed by atoms with Crippen LogP contribution in [0.4, 0.5) is 0 Å². The Balaban J connectivity index is 2.32. The van der Waals surface area contributed by atoms with Crippen LogP contribution in [0, 0.1) is 0 Å². The molecule has 1 aliphatic rings. The van der Waals surface area contributed by atoms with Crippen LogP contribution in [-0.4, -0.2) is 51.0 Å². The van der Waals surface area contributed by atoms with Gasteiger partial charge in [-0.15, -0.1) is 0 Å². The van der Waals surface area contributed by atoms with Crippen LogP contribution in [0.1, 0.15) is 23.0 Å². The van der Waals surface area contributed by atoms with Crippen LogP contribution in [0.3, 0.4) is 0 Å². The normalized spacial score (nSPS) is 22.1. The van der Waals surface area contributed by atoms with Crippen molar-refractivity contribution in [1.82, 2.24) is 14.7 Å². The summed E-state index contributed by atoms with van der Waals surface area (Å²) < 4.78 is 1.40. The van der Waals surface area contributed by atoms with Gasteiger partial charge in [-0.05, 0) is 20.0 Å². The molecule has 6 heteroatoms. The van der Waals surface area contributed by atoms with E-state index in [9.17, 15) is 9.90 Å². The molecule has 2 N–H and O–H groups in total. The number of aromatic hydroxyl groups is 1. The highest BCUT2D eigenvalue weighted by Gasteiger charge is 2.27. The van der Waals surface area contributed by atoms with Crippen molar-refractivity contribution in [3.8, 4) is 5.75 Å². The Morgan fingerprint density at radius 1 is 1.67 bits per heavy atom. The van der Waals surface area contributed by atoms with Gasteiger partial charge in [0.05, 0.1) is 12.2 Å². The third-order valence-electron chi connectivity index (χ3n) is 2.69. The van der Waals surface area contributed by atoms with Gasteiger partial charge in [-0.1, -0.05) is 0 Å². The van der Waals surface area contributed by atoms with E-state index >= 15 is 0 Å². The molecule has 0 spiro atoms. The van der Waals surface area contributed by atoms with E-state index in [-0.39, 0.29) is 17.5 Å². The second-order valence-corrected chi connectivity index (χ2v) is 3.83. The van der Waals surface area contributed by atoms with Gasteiger partial charge in [-0.2, -0.15) is 5.10 Å². The van der Waals surface area contributed by atoms with E-state index in [0.717, 1.165) is 19.5 Å². The maximum absolute atomic E-state index is 10.9. The van der Waals surface area contributed by atoms with Gasteiger partial charge in [-0.25, -0.2) is 4.79 Å². The molecule has 0 aromatic carbocycles. The maximum atomic E-state index is 10.9. The largest absolute Gasteiger partial charge is 0.504 e. The van der Waals surface area contributed by atoms with Gasteiger partial charge < -0.3 is 15.1 Å². The summed E-state index contributed by atoms with van der Waals surface area (Å²) in [6.07, 6.45) is 2.04. The minimum atomic E-state index is -1.14. The van der Waals surface area contributed by atoms with Gasteiger partial charge in [-0.3, -0.25) is 4.68 Å². The zero-order chi connectivity index (χ0) is 11.0. The molecule has 1 unspecified atom stereocenters. The molecule has 0 amide bonds. The predicted molar refractivity (Wildman–Crippen MR) is 52.0 cm³/mol. The quantitative estimate of drug-likeness (QED) is 0.728. The van der Waals surface area contributed by atoms with Crippen LogP contribution in [0.15, 0.2) is 6.20 Å². The monoisotopic (exact) mass is 211 g/mol. The molecule has 1 aliphatic heterocycles. The molecule has 0 radical (unpaired) electrons. The highest BCUT2D eigenvalue weighted by Crippen LogP contribution is 2.25. The van der Waals surface area contributed by atoms with Gasteiger partial charge in [0.25, 0.3) is 0 Å². The van der Waals surface area contributed by atoms with E-state index in [0.29, 0.717) is 0 Å². The second-order valence-electron chi connectivity index (χ2n) is 3.83. The minimum Gasteiger partial charge on any atom is -0.504 e. The third kappa shape index (κ3) is 1.68. The second kappa shape index (κ2) is 3.54. The molecule has 0 bridgehead atoms. The molecule has 1 saturated heterocycles. The lowest BCUT2D eigenvalue weighted by Gasteiger charge is -2.12. The lowest BCUT2D eigenvalue weighted by atomic mass is 10.2. The number of aromatic carboxylic acids is 1. The predicted octanol–water partition coefficient (Wildman–Crippen LogP) is 0.163. The molecule has 0 aliphatic carbocycles. The minimum absolute atomic E-state index is 0.0435. The molecule has 2 rings (SSSR count). The average molecular weight is 211 g/mol. The molecule has 1 fully saturated rings. The van der Waals surface area contributed by atoms with Gasteiger partial charge in [0, 0.05) is 6.54 Å². The van der Waals surface area contributed by atoms with Crippen molar-refractivity contribution in [1.29, 1.82) is 0 Å². The lowest BCUT2D eigenvalue weighted by molar-refractivity contribution is 0.0677. The van der Waals surface area contributed by atoms with Crippen molar-refractivity contribution >= 4 is 5.97 Å². The van der Waals surface area contributed by atoms with E-state index in [1.54, 1.807) is 0 Å². The number of carboxylic acid groups (broad SMARTS) is 1. The van der Waals surface area contributed by atoms with Gasteiger partial charge in [0.15, 0.2) is 11.4 Å². The average Bonchev–Trinajstić information content (AvgIpc) is 2.71. The summed E-state index contributed by atoms with van der Waals surface area (Å²) in [7, 11) is 1.98. The number of hydrogen-bond donors (Lipinski definition) is 2. The van der Waals surface area contributed by atoms with Gasteiger partial charge in [0.1, 0.15) is 0 Å². The van der Waals surface area contributed by atoms with E-state index in [1.807, 2.05) is 7.05 Å². The maximum Gasteiger partial charge on any atom is 0.358 e. The standard InChI is InChI=1S/C9H13N3O3/c1-11-3-2-6(5-11)12-8(9(14)15)7(13)4-10-12/h4,6,13H,2-3,5H2,1H3,(H,14,15). The van der Waals surface area contributed by atoms with Crippen molar-refractivity contribution in [2.75, 3.05) is 20.1 Å². The third-order valence-corrected chi connectivity index (χ3v) is 2.69. The fourth-order valence-electron chi connectivity index (χ4n) is 1.95. The van der Waals surface area contributed by atoms with Crippen LogP contribution in [0.2, 0.25) is 0 Å². The Morgan fingerprint density at radius 2 is 2.40 bits per heavy atom. The first-order chi connectivity index (χ1) is 7.09. The number of rotatable bonds is 2. The smallest absolute Gasteiger partial charge is 0.358 e. The van der Waals surface area contributed by atoms with Crippen LogP contribution < -0.4 is 0 Å². The summed E-state index contributed by atoms with van der Waals surface area (Å²) in [4.78, 5) is 13.0. The van der Waals surface area contributed by atoms with E-state index in [1.165, 1.54) is 10.9 Å². The summed E-state index contributed by atoms with van der Waals surface area (Å²) >= 11 is 0. The Morgan fingerprint density at radius 3 is 2.93 bits per heavy atom.